The van der Waals surface area contributed by atoms with E-state index < -0.39 is 22.4 Å². The fourth-order valence-electron chi connectivity index (χ4n) is 1.23. The average molecular weight is 269 g/mol. The first kappa shape index (κ1) is 14.6. The van der Waals surface area contributed by atoms with Crippen LogP contribution < -0.4 is 4.74 Å². The number of methoxy groups -OCH3 is 1. The van der Waals surface area contributed by atoms with Gasteiger partial charge in [0.15, 0.2) is 0 Å². The Morgan fingerprint density at radius 2 is 2.21 bits per heavy atom. The fraction of sp³-hybridized carbons (Fsp3) is 0.250. The zero-order valence-electron chi connectivity index (χ0n) is 10.4. The van der Waals surface area contributed by atoms with Gasteiger partial charge in [-0.05, 0) is 19.1 Å². The third-order valence-corrected chi connectivity index (χ3v) is 2.26. The predicted molar refractivity (Wildman–Crippen MR) is 64.3 cm³/mol. The molecule has 1 aromatic carbocycles. The minimum absolute atomic E-state index is 0.0260. The Morgan fingerprint density at radius 1 is 1.53 bits per heavy atom. The smallest absolute Gasteiger partial charge is 0.333 e. The number of ether oxygens (including phenoxy) is 2. The number of hydrogen-bond donors (Lipinski definition) is 0. The summed E-state index contributed by atoms with van der Waals surface area (Å²) in [5.41, 5.74) is -0.265. The normalized spacial score (nSPS) is 11.0. The number of esters is 1. The summed E-state index contributed by atoms with van der Waals surface area (Å²) in [5.74, 6) is -1.33. The molecule has 0 aromatic heterocycles. The second-order valence-electron chi connectivity index (χ2n) is 3.56. The number of nitro benzene ring substituents is 1. The lowest BCUT2D eigenvalue weighted by atomic mass is 10.3. The van der Waals surface area contributed by atoms with Crippen LogP contribution in [0.1, 0.15) is 6.92 Å². The predicted octanol–water partition coefficient (Wildman–Crippen LogP) is 2.23. The van der Waals surface area contributed by atoms with Crippen LogP contribution in [0.2, 0.25) is 0 Å². The zero-order chi connectivity index (χ0) is 14.4. The number of nitro groups is 1. The summed E-state index contributed by atoms with van der Waals surface area (Å²) in [5, 5.41) is 10.4. The van der Waals surface area contributed by atoms with Crippen LogP contribution in [0.15, 0.2) is 29.8 Å². The standard InChI is InChI=1S/C12H12FNO5/c1-8(12(15)18-2)5-6-19-9-3-4-11(14(16)17)10(13)7-9/h3-5,7H,6H2,1-2H3. The van der Waals surface area contributed by atoms with Crippen LogP contribution in [0.25, 0.3) is 0 Å². The van der Waals surface area contributed by atoms with Gasteiger partial charge in [0.1, 0.15) is 12.4 Å². The van der Waals surface area contributed by atoms with Gasteiger partial charge in [-0.3, -0.25) is 10.1 Å². The largest absolute Gasteiger partial charge is 0.489 e. The Kier molecular flexibility index (Phi) is 4.99. The highest BCUT2D eigenvalue weighted by atomic mass is 19.1. The Labute approximate surface area is 108 Å². The molecule has 0 N–H and O–H groups in total. The number of carbonyl (C=O) groups excluding carboxylic acids is 1. The van der Waals surface area contributed by atoms with Crippen molar-refractivity contribution >= 4 is 11.7 Å². The zero-order valence-corrected chi connectivity index (χ0v) is 10.4. The molecule has 1 rings (SSSR count). The van der Waals surface area contributed by atoms with E-state index in [-0.39, 0.29) is 12.4 Å². The molecule has 6 nitrogen and oxygen atoms in total. The number of nitrogens with zero attached hydrogens (tertiary/aromatic N) is 1. The van der Waals surface area contributed by atoms with Gasteiger partial charge in [0.2, 0.25) is 5.82 Å². The Hall–Kier alpha value is -2.44. The molecule has 0 amide bonds. The molecular weight excluding hydrogens is 257 g/mol. The summed E-state index contributed by atoms with van der Waals surface area (Å²) >= 11 is 0. The van der Waals surface area contributed by atoms with E-state index in [2.05, 4.69) is 4.74 Å². The van der Waals surface area contributed by atoms with Gasteiger partial charge in [-0.1, -0.05) is 0 Å². The highest BCUT2D eigenvalue weighted by molar-refractivity contribution is 5.87. The van der Waals surface area contributed by atoms with Crippen molar-refractivity contribution in [3.8, 4) is 5.75 Å². The van der Waals surface area contributed by atoms with Crippen molar-refractivity contribution in [2.75, 3.05) is 13.7 Å². The maximum absolute atomic E-state index is 13.3. The summed E-state index contributed by atoms with van der Waals surface area (Å²) in [6.07, 6.45) is 1.46. The van der Waals surface area contributed by atoms with Gasteiger partial charge in [-0.15, -0.1) is 0 Å². The van der Waals surface area contributed by atoms with Gasteiger partial charge in [-0.2, -0.15) is 4.39 Å². The number of rotatable bonds is 5. The molecule has 0 aliphatic carbocycles. The second kappa shape index (κ2) is 6.48. The van der Waals surface area contributed by atoms with Crippen molar-refractivity contribution in [1.29, 1.82) is 0 Å². The Balaban J connectivity index is 2.67. The molecule has 0 atom stereocenters. The third-order valence-electron chi connectivity index (χ3n) is 2.26. The molecule has 0 bridgehead atoms. The number of halogens is 1. The maximum Gasteiger partial charge on any atom is 0.333 e. The van der Waals surface area contributed by atoms with E-state index in [1.54, 1.807) is 6.92 Å². The van der Waals surface area contributed by atoms with E-state index in [0.717, 1.165) is 12.1 Å². The summed E-state index contributed by atoms with van der Waals surface area (Å²) in [7, 11) is 1.26. The lowest BCUT2D eigenvalue weighted by Gasteiger charge is -2.04. The highest BCUT2D eigenvalue weighted by Crippen LogP contribution is 2.22. The molecule has 0 spiro atoms. The first-order chi connectivity index (χ1) is 8.95. The van der Waals surface area contributed by atoms with E-state index in [1.165, 1.54) is 19.3 Å². The van der Waals surface area contributed by atoms with Crippen molar-refractivity contribution < 1.29 is 23.6 Å². The first-order valence-electron chi connectivity index (χ1n) is 5.27. The lowest BCUT2D eigenvalue weighted by molar-refractivity contribution is -0.387. The van der Waals surface area contributed by atoms with Crippen LogP contribution in [0.4, 0.5) is 10.1 Å². The molecule has 0 radical (unpaired) electrons. The van der Waals surface area contributed by atoms with Crippen LogP contribution in [-0.4, -0.2) is 24.6 Å². The lowest BCUT2D eigenvalue weighted by Crippen LogP contribution is -2.04. The molecule has 0 fully saturated rings. The van der Waals surface area contributed by atoms with Gasteiger partial charge in [0.25, 0.3) is 0 Å². The molecule has 7 heteroatoms. The summed E-state index contributed by atoms with van der Waals surface area (Å²) in [6, 6.07) is 3.21. The Morgan fingerprint density at radius 3 is 2.74 bits per heavy atom. The second-order valence-corrected chi connectivity index (χ2v) is 3.56. The molecule has 102 valence electrons. The van der Waals surface area contributed by atoms with Gasteiger partial charge in [0.05, 0.1) is 12.0 Å². The van der Waals surface area contributed by atoms with E-state index in [9.17, 15) is 19.3 Å². The number of carbonyl (C=O) groups is 1. The maximum atomic E-state index is 13.3. The quantitative estimate of drug-likeness (QED) is 0.354. The molecule has 0 heterocycles. The van der Waals surface area contributed by atoms with Crippen LogP contribution in [-0.2, 0) is 9.53 Å². The monoisotopic (exact) mass is 269 g/mol. The molecule has 0 aliphatic rings. The molecule has 1 aromatic rings. The van der Waals surface area contributed by atoms with Crippen molar-refractivity contribution in [2.24, 2.45) is 0 Å². The van der Waals surface area contributed by atoms with Gasteiger partial charge < -0.3 is 9.47 Å². The SMILES string of the molecule is COC(=O)C(C)=CCOc1ccc([N+](=O)[O-])c(F)c1. The average Bonchev–Trinajstić information content (AvgIpc) is 2.37. The summed E-state index contributed by atoms with van der Waals surface area (Å²) in [4.78, 5) is 20.6. The van der Waals surface area contributed by atoms with Gasteiger partial charge in [0, 0.05) is 17.7 Å². The molecule has 0 aliphatic heterocycles. The van der Waals surface area contributed by atoms with Crippen LogP contribution in [0.3, 0.4) is 0 Å². The third kappa shape index (κ3) is 4.06. The fourth-order valence-corrected chi connectivity index (χ4v) is 1.23. The van der Waals surface area contributed by atoms with Crippen molar-refractivity contribution in [3.63, 3.8) is 0 Å². The van der Waals surface area contributed by atoms with Gasteiger partial charge >= 0.3 is 11.7 Å². The molecule has 0 unspecified atom stereocenters. The highest BCUT2D eigenvalue weighted by Gasteiger charge is 2.14. The van der Waals surface area contributed by atoms with Crippen LogP contribution >= 0.6 is 0 Å². The molecule has 19 heavy (non-hydrogen) atoms. The summed E-state index contributed by atoms with van der Waals surface area (Å²) < 4.78 is 22.9. The minimum Gasteiger partial charge on any atom is -0.489 e. The van der Waals surface area contributed by atoms with Crippen LogP contribution in [0.5, 0.6) is 5.75 Å². The first-order valence-corrected chi connectivity index (χ1v) is 5.27. The van der Waals surface area contributed by atoms with E-state index in [0.29, 0.717) is 5.57 Å². The minimum atomic E-state index is -0.976. The van der Waals surface area contributed by atoms with Crippen LogP contribution in [0, 0.1) is 15.9 Å². The number of benzene rings is 1. The van der Waals surface area contributed by atoms with E-state index in [4.69, 9.17) is 4.74 Å². The number of hydrogen-bond acceptors (Lipinski definition) is 5. The molecule has 0 saturated carbocycles. The van der Waals surface area contributed by atoms with E-state index in [1.807, 2.05) is 0 Å². The Bertz CT molecular complexity index is 527. The van der Waals surface area contributed by atoms with Crippen molar-refractivity contribution in [3.05, 3.63) is 45.8 Å². The molecular formula is C12H12FNO5. The van der Waals surface area contributed by atoms with E-state index >= 15 is 0 Å². The topological polar surface area (TPSA) is 78.7 Å². The van der Waals surface area contributed by atoms with Crippen molar-refractivity contribution in [1.82, 2.24) is 0 Å². The van der Waals surface area contributed by atoms with Crippen molar-refractivity contribution in [2.45, 2.75) is 6.92 Å². The van der Waals surface area contributed by atoms with Gasteiger partial charge in [-0.25, -0.2) is 4.79 Å². The summed E-state index contributed by atoms with van der Waals surface area (Å²) in [6.45, 7) is 1.57. The molecule has 0 saturated heterocycles.